The van der Waals surface area contributed by atoms with E-state index in [0.29, 0.717) is 5.56 Å². The quantitative estimate of drug-likeness (QED) is 0.624. The molecule has 0 atom stereocenters. The van der Waals surface area contributed by atoms with Crippen molar-refractivity contribution < 1.29 is 4.92 Å². The van der Waals surface area contributed by atoms with Gasteiger partial charge < -0.3 is 4.90 Å². The molecule has 2 rings (SSSR count). The molecule has 0 N–H and O–H groups in total. The van der Waals surface area contributed by atoms with Crippen LogP contribution in [0.1, 0.15) is 12.0 Å². The van der Waals surface area contributed by atoms with Gasteiger partial charge in [-0.1, -0.05) is 24.3 Å². The summed E-state index contributed by atoms with van der Waals surface area (Å²) in [6, 6.07) is 6.85. The normalized spacial score (nSPS) is 18.2. The number of para-hydroxylation sites is 1. The molecule has 1 aromatic rings. The molecule has 108 valence electrons. The van der Waals surface area contributed by atoms with E-state index in [1.165, 1.54) is 6.42 Å². The van der Waals surface area contributed by atoms with Gasteiger partial charge in [-0.25, -0.2) is 0 Å². The molecule has 5 heteroatoms. The van der Waals surface area contributed by atoms with Crippen LogP contribution in [0.25, 0.3) is 6.08 Å². The Morgan fingerprint density at radius 3 is 2.85 bits per heavy atom. The second-order valence-corrected chi connectivity index (χ2v) is 5.18. The molecule has 0 bridgehead atoms. The highest BCUT2D eigenvalue weighted by Crippen LogP contribution is 2.18. The number of nitrogens with zero attached hydrogens (tertiary/aromatic N) is 3. The van der Waals surface area contributed by atoms with Crippen LogP contribution in [0.5, 0.6) is 0 Å². The first-order valence-corrected chi connectivity index (χ1v) is 6.97. The zero-order chi connectivity index (χ0) is 14.4. The highest BCUT2D eigenvalue weighted by atomic mass is 16.6. The van der Waals surface area contributed by atoms with E-state index in [-0.39, 0.29) is 10.6 Å². The highest BCUT2D eigenvalue weighted by Gasteiger charge is 2.11. The maximum Gasteiger partial charge on any atom is 0.276 e. The van der Waals surface area contributed by atoms with E-state index in [1.54, 1.807) is 18.2 Å². The number of rotatable bonds is 4. The Bertz CT molecular complexity index is 488. The molecule has 1 aliphatic rings. The predicted molar refractivity (Wildman–Crippen MR) is 80.7 cm³/mol. The first-order valence-electron chi connectivity index (χ1n) is 6.97. The fraction of sp³-hybridized carbons (Fsp3) is 0.467. The summed E-state index contributed by atoms with van der Waals surface area (Å²) in [5.41, 5.74) is 0.837. The minimum atomic E-state index is -0.333. The standard InChI is InChI=1S/C15H21N3O2/c1-16-9-5-11-17(13-12-16)10-4-7-14-6-2-3-8-15(14)18(19)20/h2-4,6-8H,5,9-13H2,1H3/b7-4+. The molecule has 1 fully saturated rings. The van der Waals surface area contributed by atoms with Gasteiger partial charge in [-0.15, -0.1) is 0 Å². The van der Waals surface area contributed by atoms with E-state index >= 15 is 0 Å². The topological polar surface area (TPSA) is 49.6 Å². The first kappa shape index (κ1) is 14.7. The number of hydrogen-bond donors (Lipinski definition) is 0. The van der Waals surface area contributed by atoms with Crippen molar-refractivity contribution in [2.75, 3.05) is 39.8 Å². The third-order valence-electron chi connectivity index (χ3n) is 3.61. The molecule has 1 saturated heterocycles. The third-order valence-corrected chi connectivity index (χ3v) is 3.61. The van der Waals surface area contributed by atoms with Crippen LogP contribution in [-0.2, 0) is 0 Å². The Labute approximate surface area is 119 Å². The van der Waals surface area contributed by atoms with Crippen LogP contribution in [0.3, 0.4) is 0 Å². The number of nitro groups is 1. The fourth-order valence-corrected chi connectivity index (χ4v) is 2.41. The van der Waals surface area contributed by atoms with Crippen LogP contribution in [0, 0.1) is 10.1 Å². The lowest BCUT2D eigenvalue weighted by Crippen LogP contribution is -2.28. The zero-order valence-corrected chi connectivity index (χ0v) is 11.9. The van der Waals surface area contributed by atoms with Crippen LogP contribution in [0.4, 0.5) is 5.69 Å². The summed E-state index contributed by atoms with van der Waals surface area (Å²) in [7, 11) is 2.15. The zero-order valence-electron chi connectivity index (χ0n) is 11.9. The molecule has 1 aromatic carbocycles. The van der Waals surface area contributed by atoms with Gasteiger partial charge in [0.2, 0.25) is 0 Å². The van der Waals surface area contributed by atoms with Gasteiger partial charge in [-0.05, 0) is 32.6 Å². The van der Waals surface area contributed by atoms with E-state index in [4.69, 9.17) is 0 Å². The summed E-state index contributed by atoms with van der Waals surface area (Å²) in [6.07, 6.45) is 5.05. The van der Waals surface area contributed by atoms with Crippen LogP contribution >= 0.6 is 0 Å². The Balaban J connectivity index is 1.95. The summed E-state index contributed by atoms with van der Waals surface area (Å²) in [6.45, 7) is 5.22. The van der Waals surface area contributed by atoms with E-state index in [0.717, 1.165) is 32.7 Å². The molecular weight excluding hydrogens is 254 g/mol. The maximum atomic E-state index is 10.9. The molecule has 5 nitrogen and oxygen atoms in total. The van der Waals surface area contributed by atoms with Crippen molar-refractivity contribution in [3.05, 3.63) is 46.0 Å². The molecule has 1 heterocycles. The maximum absolute atomic E-state index is 10.9. The fourth-order valence-electron chi connectivity index (χ4n) is 2.41. The van der Waals surface area contributed by atoms with E-state index in [1.807, 2.05) is 18.2 Å². The van der Waals surface area contributed by atoms with Crippen LogP contribution < -0.4 is 0 Å². The molecule has 20 heavy (non-hydrogen) atoms. The first-order chi connectivity index (χ1) is 9.66. The van der Waals surface area contributed by atoms with Gasteiger partial charge >= 0.3 is 0 Å². The summed E-state index contributed by atoms with van der Waals surface area (Å²) in [4.78, 5) is 15.3. The van der Waals surface area contributed by atoms with Crippen molar-refractivity contribution in [3.63, 3.8) is 0 Å². The summed E-state index contributed by atoms with van der Waals surface area (Å²) in [5.74, 6) is 0. The average molecular weight is 275 g/mol. The lowest BCUT2D eigenvalue weighted by atomic mass is 10.1. The second kappa shape index (κ2) is 7.17. The average Bonchev–Trinajstić information content (AvgIpc) is 2.64. The van der Waals surface area contributed by atoms with Gasteiger partial charge in [-0.3, -0.25) is 15.0 Å². The Kier molecular flexibility index (Phi) is 5.26. The van der Waals surface area contributed by atoms with Crippen LogP contribution in [0.2, 0.25) is 0 Å². The summed E-state index contributed by atoms with van der Waals surface area (Å²) in [5, 5.41) is 10.9. The lowest BCUT2D eigenvalue weighted by Gasteiger charge is -2.17. The molecule has 0 unspecified atom stereocenters. The van der Waals surface area contributed by atoms with Crippen molar-refractivity contribution in [1.29, 1.82) is 0 Å². The molecule has 0 spiro atoms. The van der Waals surface area contributed by atoms with Gasteiger partial charge in [0, 0.05) is 25.7 Å². The van der Waals surface area contributed by atoms with E-state index in [9.17, 15) is 10.1 Å². The van der Waals surface area contributed by atoms with Gasteiger partial charge in [0.1, 0.15) is 0 Å². The smallest absolute Gasteiger partial charge is 0.276 e. The summed E-state index contributed by atoms with van der Waals surface area (Å²) < 4.78 is 0. The largest absolute Gasteiger partial charge is 0.305 e. The Hall–Kier alpha value is -1.72. The molecule has 1 aliphatic heterocycles. The second-order valence-electron chi connectivity index (χ2n) is 5.18. The SMILES string of the molecule is CN1CCCN(C/C=C/c2ccccc2[N+](=O)[O-])CC1. The number of benzene rings is 1. The van der Waals surface area contributed by atoms with Gasteiger partial charge in [0.15, 0.2) is 0 Å². The third kappa shape index (κ3) is 4.15. The lowest BCUT2D eigenvalue weighted by molar-refractivity contribution is -0.385. The monoisotopic (exact) mass is 275 g/mol. The molecule has 0 aromatic heterocycles. The van der Waals surface area contributed by atoms with Crippen LogP contribution in [-0.4, -0.2) is 54.5 Å². The minimum Gasteiger partial charge on any atom is -0.305 e. The number of likely N-dealkylation sites (N-methyl/N-ethyl adjacent to an activating group) is 1. The molecule has 0 aliphatic carbocycles. The van der Waals surface area contributed by atoms with Gasteiger partial charge in [0.25, 0.3) is 5.69 Å². The van der Waals surface area contributed by atoms with Crippen molar-refractivity contribution in [2.24, 2.45) is 0 Å². The molecule has 0 amide bonds. The molecular formula is C15H21N3O2. The van der Waals surface area contributed by atoms with Crippen molar-refractivity contribution >= 4 is 11.8 Å². The molecule has 0 saturated carbocycles. The van der Waals surface area contributed by atoms with Gasteiger partial charge in [0.05, 0.1) is 10.5 Å². The Morgan fingerprint density at radius 1 is 1.25 bits per heavy atom. The van der Waals surface area contributed by atoms with Crippen molar-refractivity contribution in [1.82, 2.24) is 9.80 Å². The predicted octanol–water partition coefficient (Wildman–Crippen LogP) is 2.25. The van der Waals surface area contributed by atoms with Gasteiger partial charge in [-0.2, -0.15) is 0 Å². The van der Waals surface area contributed by atoms with E-state index < -0.39 is 0 Å². The Morgan fingerprint density at radius 2 is 2.05 bits per heavy atom. The highest BCUT2D eigenvalue weighted by molar-refractivity contribution is 5.60. The minimum absolute atomic E-state index is 0.166. The number of nitro benzene ring substituents is 1. The summed E-state index contributed by atoms with van der Waals surface area (Å²) >= 11 is 0. The van der Waals surface area contributed by atoms with E-state index in [2.05, 4.69) is 16.8 Å². The van der Waals surface area contributed by atoms with Crippen LogP contribution in [0.15, 0.2) is 30.3 Å². The molecule has 0 radical (unpaired) electrons. The number of hydrogen-bond acceptors (Lipinski definition) is 4. The van der Waals surface area contributed by atoms with Crippen molar-refractivity contribution in [2.45, 2.75) is 6.42 Å². The van der Waals surface area contributed by atoms with Crippen molar-refractivity contribution in [3.8, 4) is 0 Å².